The SMILES string of the molecule is Cc1cc(C)cc(-c2cncc(-c3c(C)cccc3C)n2)c1. The second kappa shape index (κ2) is 5.72. The molecule has 0 bridgehead atoms. The molecule has 22 heavy (non-hydrogen) atoms. The van der Waals surface area contributed by atoms with Gasteiger partial charge in [0.05, 0.1) is 23.8 Å². The van der Waals surface area contributed by atoms with Crippen molar-refractivity contribution in [2.24, 2.45) is 0 Å². The smallest absolute Gasteiger partial charge is 0.0898 e. The summed E-state index contributed by atoms with van der Waals surface area (Å²) in [4.78, 5) is 9.27. The molecule has 0 aliphatic rings. The van der Waals surface area contributed by atoms with Gasteiger partial charge in [-0.1, -0.05) is 35.4 Å². The van der Waals surface area contributed by atoms with Gasteiger partial charge in [0.2, 0.25) is 0 Å². The molecule has 0 radical (unpaired) electrons. The maximum Gasteiger partial charge on any atom is 0.0898 e. The first-order chi connectivity index (χ1) is 10.5. The Balaban J connectivity index is 2.14. The van der Waals surface area contributed by atoms with E-state index in [1.807, 2.05) is 12.4 Å². The highest BCUT2D eigenvalue weighted by molar-refractivity contribution is 5.70. The van der Waals surface area contributed by atoms with Crippen LogP contribution in [-0.2, 0) is 0 Å². The molecular formula is C20H20N2. The third kappa shape index (κ3) is 2.77. The molecule has 2 heteroatoms. The van der Waals surface area contributed by atoms with Crippen LogP contribution in [0.15, 0.2) is 48.8 Å². The average Bonchev–Trinajstić information content (AvgIpc) is 2.46. The molecule has 1 heterocycles. The van der Waals surface area contributed by atoms with Crippen molar-refractivity contribution < 1.29 is 0 Å². The van der Waals surface area contributed by atoms with Crippen LogP contribution >= 0.6 is 0 Å². The van der Waals surface area contributed by atoms with Crippen molar-refractivity contribution >= 4 is 0 Å². The lowest BCUT2D eigenvalue weighted by Gasteiger charge is -2.10. The van der Waals surface area contributed by atoms with Gasteiger partial charge in [-0.15, -0.1) is 0 Å². The van der Waals surface area contributed by atoms with Gasteiger partial charge in [-0.05, 0) is 51.0 Å². The Bertz CT molecular complexity index is 794. The molecule has 3 rings (SSSR count). The predicted octanol–water partition coefficient (Wildman–Crippen LogP) is 5.04. The molecule has 0 saturated heterocycles. The fraction of sp³-hybridized carbons (Fsp3) is 0.200. The summed E-state index contributed by atoms with van der Waals surface area (Å²) >= 11 is 0. The minimum atomic E-state index is 0.923. The Kier molecular flexibility index (Phi) is 3.76. The second-order valence-corrected chi connectivity index (χ2v) is 5.93. The van der Waals surface area contributed by atoms with Gasteiger partial charge < -0.3 is 0 Å². The van der Waals surface area contributed by atoms with Gasteiger partial charge in [-0.3, -0.25) is 4.98 Å². The highest BCUT2D eigenvalue weighted by Gasteiger charge is 2.09. The molecule has 0 saturated carbocycles. The van der Waals surface area contributed by atoms with E-state index in [-0.39, 0.29) is 0 Å². The number of benzene rings is 2. The van der Waals surface area contributed by atoms with Crippen LogP contribution in [0.1, 0.15) is 22.3 Å². The molecule has 2 nitrogen and oxygen atoms in total. The van der Waals surface area contributed by atoms with Gasteiger partial charge in [0.25, 0.3) is 0 Å². The monoisotopic (exact) mass is 288 g/mol. The lowest BCUT2D eigenvalue weighted by Crippen LogP contribution is -1.95. The van der Waals surface area contributed by atoms with Crippen molar-refractivity contribution in [3.8, 4) is 22.5 Å². The first-order valence-corrected chi connectivity index (χ1v) is 7.52. The summed E-state index contributed by atoms with van der Waals surface area (Å²) in [5.41, 5.74) is 9.11. The summed E-state index contributed by atoms with van der Waals surface area (Å²) in [6.45, 7) is 8.46. The van der Waals surface area contributed by atoms with Crippen LogP contribution < -0.4 is 0 Å². The number of nitrogens with zero attached hydrogens (tertiary/aromatic N) is 2. The largest absolute Gasteiger partial charge is 0.260 e. The molecule has 0 atom stereocenters. The maximum absolute atomic E-state index is 4.85. The Morgan fingerprint density at radius 1 is 0.727 bits per heavy atom. The van der Waals surface area contributed by atoms with Gasteiger partial charge in [-0.2, -0.15) is 0 Å². The van der Waals surface area contributed by atoms with Crippen molar-refractivity contribution in [3.05, 3.63) is 71.0 Å². The summed E-state index contributed by atoms with van der Waals surface area (Å²) in [6, 6.07) is 12.8. The highest BCUT2D eigenvalue weighted by atomic mass is 14.8. The predicted molar refractivity (Wildman–Crippen MR) is 91.9 cm³/mol. The number of hydrogen-bond donors (Lipinski definition) is 0. The van der Waals surface area contributed by atoms with E-state index in [1.165, 1.54) is 27.8 Å². The van der Waals surface area contributed by atoms with Crippen molar-refractivity contribution in [1.82, 2.24) is 9.97 Å². The van der Waals surface area contributed by atoms with Crippen LogP contribution in [0, 0.1) is 27.7 Å². The van der Waals surface area contributed by atoms with Crippen LogP contribution in [0.25, 0.3) is 22.5 Å². The normalized spacial score (nSPS) is 10.7. The second-order valence-electron chi connectivity index (χ2n) is 5.93. The molecule has 0 aliphatic carbocycles. The zero-order chi connectivity index (χ0) is 15.7. The standard InChI is InChI=1S/C20H20N2/c1-13-8-14(2)10-17(9-13)18-11-21-12-19(22-18)20-15(3)6-5-7-16(20)4/h5-12H,1-4H3. The summed E-state index contributed by atoms with van der Waals surface area (Å²) in [5, 5.41) is 0. The van der Waals surface area contributed by atoms with Gasteiger partial charge in [0.1, 0.15) is 0 Å². The number of aromatic nitrogens is 2. The van der Waals surface area contributed by atoms with Crippen LogP contribution in [0.2, 0.25) is 0 Å². The average molecular weight is 288 g/mol. The van der Waals surface area contributed by atoms with Crippen LogP contribution in [0.5, 0.6) is 0 Å². The summed E-state index contributed by atoms with van der Waals surface area (Å²) < 4.78 is 0. The quantitative estimate of drug-likeness (QED) is 0.660. The van der Waals surface area contributed by atoms with Crippen molar-refractivity contribution in [2.45, 2.75) is 27.7 Å². The molecule has 0 spiro atoms. The van der Waals surface area contributed by atoms with Crippen molar-refractivity contribution in [2.75, 3.05) is 0 Å². The third-order valence-electron chi connectivity index (χ3n) is 3.89. The molecule has 1 aromatic heterocycles. The van der Waals surface area contributed by atoms with E-state index in [0.717, 1.165) is 17.0 Å². The molecule has 0 N–H and O–H groups in total. The van der Waals surface area contributed by atoms with E-state index in [1.54, 1.807) is 0 Å². The van der Waals surface area contributed by atoms with Gasteiger partial charge in [0.15, 0.2) is 0 Å². The van der Waals surface area contributed by atoms with E-state index in [2.05, 4.69) is 69.1 Å². The summed E-state index contributed by atoms with van der Waals surface area (Å²) in [5.74, 6) is 0. The maximum atomic E-state index is 4.85. The molecule has 110 valence electrons. The molecule has 3 aromatic rings. The highest BCUT2D eigenvalue weighted by Crippen LogP contribution is 2.27. The molecule has 0 unspecified atom stereocenters. The fourth-order valence-corrected chi connectivity index (χ4v) is 2.97. The third-order valence-corrected chi connectivity index (χ3v) is 3.89. The Hall–Kier alpha value is -2.48. The Morgan fingerprint density at radius 2 is 1.32 bits per heavy atom. The minimum absolute atomic E-state index is 0.923. The van der Waals surface area contributed by atoms with Gasteiger partial charge >= 0.3 is 0 Å². The van der Waals surface area contributed by atoms with E-state index in [9.17, 15) is 0 Å². The van der Waals surface area contributed by atoms with E-state index < -0.39 is 0 Å². The van der Waals surface area contributed by atoms with E-state index in [4.69, 9.17) is 4.98 Å². The first-order valence-electron chi connectivity index (χ1n) is 7.52. The zero-order valence-corrected chi connectivity index (χ0v) is 13.5. The zero-order valence-electron chi connectivity index (χ0n) is 13.5. The first kappa shape index (κ1) is 14.5. The number of aryl methyl sites for hydroxylation is 4. The van der Waals surface area contributed by atoms with Gasteiger partial charge in [0, 0.05) is 11.1 Å². The Labute approximate surface area is 131 Å². The molecule has 2 aromatic carbocycles. The summed E-state index contributed by atoms with van der Waals surface area (Å²) in [7, 11) is 0. The number of rotatable bonds is 2. The van der Waals surface area contributed by atoms with Crippen LogP contribution in [0.3, 0.4) is 0 Å². The molecule has 0 fully saturated rings. The molecular weight excluding hydrogens is 268 g/mol. The fourth-order valence-electron chi connectivity index (χ4n) is 2.97. The number of hydrogen-bond acceptors (Lipinski definition) is 2. The van der Waals surface area contributed by atoms with Crippen molar-refractivity contribution in [3.63, 3.8) is 0 Å². The Morgan fingerprint density at radius 3 is 1.95 bits per heavy atom. The lowest BCUT2D eigenvalue weighted by atomic mass is 10.00. The lowest BCUT2D eigenvalue weighted by molar-refractivity contribution is 1.19. The molecule has 0 aliphatic heterocycles. The van der Waals surface area contributed by atoms with Crippen LogP contribution in [-0.4, -0.2) is 9.97 Å². The van der Waals surface area contributed by atoms with Crippen molar-refractivity contribution in [1.29, 1.82) is 0 Å². The van der Waals surface area contributed by atoms with Crippen LogP contribution in [0.4, 0.5) is 0 Å². The topological polar surface area (TPSA) is 25.8 Å². The van der Waals surface area contributed by atoms with E-state index in [0.29, 0.717) is 0 Å². The summed E-state index contributed by atoms with van der Waals surface area (Å²) in [6.07, 6.45) is 3.69. The molecule has 0 amide bonds. The van der Waals surface area contributed by atoms with E-state index >= 15 is 0 Å². The minimum Gasteiger partial charge on any atom is -0.260 e. The van der Waals surface area contributed by atoms with Gasteiger partial charge in [-0.25, -0.2) is 4.98 Å².